The Morgan fingerprint density at radius 1 is 0.971 bits per heavy atom. The summed E-state index contributed by atoms with van der Waals surface area (Å²) in [6, 6.07) is 16.9. The van der Waals surface area contributed by atoms with Crippen LogP contribution in [0.15, 0.2) is 66.7 Å². The fraction of sp³-hybridized carbons (Fsp3) is 0.174. The average molecular weight is 486 g/mol. The SMILES string of the molecule is Cc1c(OCCO)nn(-c2ccccc2)c1NC(=O)Nc1cc(C(F)(F)F)nn1-c1ccccc1. The van der Waals surface area contributed by atoms with Gasteiger partial charge in [-0.15, -0.1) is 5.10 Å². The largest absolute Gasteiger partial charge is 0.474 e. The van der Waals surface area contributed by atoms with Gasteiger partial charge in [0.05, 0.1) is 23.5 Å². The summed E-state index contributed by atoms with van der Waals surface area (Å²) in [5, 5.41) is 22.1. The van der Waals surface area contributed by atoms with E-state index >= 15 is 0 Å². The third-order valence-electron chi connectivity index (χ3n) is 4.88. The van der Waals surface area contributed by atoms with Crippen molar-refractivity contribution in [3.8, 4) is 17.3 Å². The lowest BCUT2D eigenvalue weighted by atomic mass is 10.3. The lowest BCUT2D eigenvalue weighted by Gasteiger charge is -2.12. The van der Waals surface area contributed by atoms with E-state index in [4.69, 9.17) is 9.84 Å². The molecule has 3 N–H and O–H groups in total. The molecule has 0 aliphatic carbocycles. The molecule has 4 aromatic rings. The number of rotatable bonds is 7. The molecule has 0 unspecified atom stereocenters. The molecule has 2 heterocycles. The van der Waals surface area contributed by atoms with Crippen molar-refractivity contribution in [1.82, 2.24) is 19.6 Å². The number of halogens is 3. The van der Waals surface area contributed by atoms with E-state index in [1.54, 1.807) is 61.5 Å². The molecule has 2 amide bonds. The second-order valence-electron chi connectivity index (χ2n) is 7.34. The minimum atomic E-state index is -4.70. The minimum absolute atomic E-state index is 0.00520. The van der Waals surface area contributed by atoms with Gasteiger partial charge in [-0.3, -0.25) is 10.6 Å². The number of nitrogens with zero attached hydrogens (tertiary/aromatic N) is 4. The molecule has 0 aliphatic rings. The Hall–Kier alpha value is -4.32. The minimum Gasteiger partial charge on any atom is -0.474 e. The van der Waals surface area contributed by atoms with E-state index in [2.05, 4.69) is 20.8 Å². The highest BCUT2D eigenvalue weighted by Crippen LogP contribution is 2.32. The van der Waals surface area contributed by atoms with Crippen molar-refractivity contribution < 1.29 is 27.8 Å². The van der Waals surface area contributed by atoms with Gasteiger partial charge in [0, 0.05) is 6.07 Å². The maximum Gasteiger partial charge on any atom is 0.435 e. The van der Waals surface area contributed by atoms with Crippen LogP contribution in [-0.4, -0.2) is 43.9 Å². The molecule has 0 aliphatic heterocycles. The topological polar surface area (TPSA) is 106 Å². The molecule has 12 heteroatoms. The molecule has 0 radical (unpaired) electrons. The Labute approximate surface area is 197 Å². The highest BCUT2D eigenvalue weighted by atomic mass is 19.4. The van der Waals surface area contributed by atoms with E-state index in [1.807, 2.05) is 6.07 Å². The van der Waals surface area contributed by atoms with E-state index in [1.165, 1.54) is 4.68 Å². The first-order valence-corrected chi connectivity index (χ1v) is 10.5. The Balaban J connectivity index is 1.66. The fourth-order valence-corrected chi connectivity index (χ4v) is 3.29. The summed E-state index contributed by atoms with van der Waals surface area (Å²) in [6.07, 6.45) is -4.70. The van der Waals surface area contributed by atoms with Crippen LogP contribution in [-0.2, 0) is 6.18 Å². The number of ether oxygens (including phenoxy) is 1. The van der Waals surface area contributed by atoms with Gasteiger partial charge in [-0.05, 0) is 31.2 Å². The number of aromatic nitrogens is 4. The molecule has 0 spiro atoms. The zero-order valence-electron chi connectivity index (χ0n) is 18.5. The van der Waals surface area contributed by atoms with Crippen molar-refractivity contribution in [2.24, 2.45) is 0 Å². The second kappa shape index (κ2) is 9.89. The van der Waals surface area contributed by atoms with Gasteiger partial charge < -0.3 is 9.84 Å². The highest BCUT2D eigenvalue weighted by Gasteiger charge is 2.35. The standard InChI is InChI=1S/C23H21F3N6O3/c1-15-20(32(17-10-6-3-7-11-17)30-21(15)35-13-12-33)28-22(34)27-19-14-18(23(24,25)26)29-31(19)16-8-4-2-5-9-16/h2-11,14,33H,12-13H2,1H3,(H2,27,28,34). The van der Waals surface area contributed by atoms with Gasteiger partial charge in [0.25, 0.3) is 0 Å². The maximum atomic E-state index is 13.3. The number of alkyl halides is 3. The summed E-state index contributed by atoms with van der Waals surface area (Å²) in [6.45, 7) is 1.42. The Morgan fingerprint density at radius 2 is 1.57 bits per heavy atom. The lowest BCUT2D eigenvalue weighted by Crippen LogP contribution is -2.23. The molecule has 182 valence electrons. The van der Waals surface area contributed by atoms with Crippen LogP contribution in [0.4, 0.5) is 29.6 Å². The van der Waals surface area contributed by atoms with Gasteiger partial charge in [0.1, 0.15) is 18.2 Å². The molecule has 35 heavy (non-hydrogen) atoms. The lowest BCUT2D eigenvalue weighted by molar-refractivity contribution is -0.141. The zero-order chi connectivity index (χ0) is 25.0. The Bertz CT molecular complexity index is 1300. The first-order chi connectivity index (χ1) is 16.8. The zero-order valence-corrected chi connectivity index (χ0v) is 18.5. The van der Waals surface area contributed by atoms with E-state index in [9.17, 15) is 18.0 Å². The van der Waals surface area contributed by atoms with E-state index in [0.717, 1.165) is 10.7 Å². The predicted molar refractivity (Wildman–Crippen MR) is 122 cm³/mol. The number of aliphatic hydroxyl groups excluding tert-OH is 1. The number of aliphatic hydroxyl groups is 1. The van der Waals surface area contributed by atoms with Crippen LogP contribution in [0.1, 0.15) is 11.3 Å². The number of para-hydroxylation sites is 2. The molecule has 2 aromatic heterocycles. The summed E-state index contributed by atoms with van der Waals surface area (Å²) >= 11 is 0. The molecular weight excluding hydrogens is 465 g/mol. The van der Waals surface area contributed by atoms with Gasteiger partial charge in [-0.2, -0.15) is 18.3 Å². The van der Waals surface area contributed by atoms with Gasteiger partial charge in [-0.1, -0.05) is 36.4 Å². The number of hydrogen-bond donors (Lipinski definition) is 3. The predicted octanol–water partition coefficient (Wildman–Crippen LogP) is 4.40. The van der Waals surface area contributed by atoms with Gasteiger partial charge in [0.15, 0.2) is 5.69 Å². The molecule has 0 saturated carbocycles. The summed E-state index contributed by atoms with van der Waals surface area (Å²) in [5.74, 6) is 0.247. The van der Waals surface area contributed by atoms with Crippen molar-refractivity contribution in [2.75, 3.05) is 23.8 Å². The third kappa shape index (κ3) is 5.27. The number of amides is 2. The number of urea groups is 1. The Morgan fingerprint density at radius 3 is 2.14 bits per heavy atom. The molecule has 4 rings (SSSR count). The van der Waals surface area contributed by atoms with Crippen LogP contribution in [0.5, 0.6) is 5.88 Å². The molecule has 0 fully saturated rings. The molecular formula is C23H21F3N6O3. The summed E-state index contributed by atoms with van der Waals surface area (Å²) in [5.41, 5.74) is 0.258. The number of benzene rings is 2. The Kier molecular flexibility index (Phi) is 6.73. The van der Waals surface area contributed by atoms with Crippen LogP contribution in [0, 0.1) is 6.92 Å². The molecule has 0 saturated heterocycles. The molecule has 0 atom stereocenters. The number of hydrogen-bond acceptors (Lipinski definition) is 5. The summed E-state index contributed by atoms with van der Waals surface area (Å²) in [4.78, 5) is 12.9. The van der Waals surface area contributed by atoms with Crippen LogP contribution < -0.4 is 15.4 Å². The van der Waals surface area contributed by atoms with Crippen LogP contribution in [0.3, 0.4) is 0 Å². The summed E-state index contributed by atoms with van der Waals surface area (Å²) in [7, 11) is 0. The molecule has 0 bridgehead atoms. The normalized spacial score (nSPS) is 11.3. The van der Waals surface area contributed by atoms with Crippen LogP contribution >= 0.6 is 0 Å². The smallest absolute Gasteiger partial charge is 0.435 e. The van der Waals surface area contributed by atoms with Gasteiger partial charge in [-0.25, -0.2) is 14.2 Å². The first-order valence-electron chi connectivity index (χ1n) is 10.5. The number of anilines is 2. The van der Waals surface area contributed by atoms with Crippen molar-refractivity contribution in [3.05, 3.63) is 78.0 Å². The average Bonchev–Trinajstić information content (AvgIpc) is 3.40. The van der Waals surface area contributed by atoms with Crippen molar-refractivity contribution in [3.63, 3.8) is 0 Å². The first kappa shape index (κ1) is 23.8. The third-order valence-corrected chi connectivity index (χ3v) is 4.88. The van der Waals surface area contributed by atoms with Gasteiger partial charge >= 0.3 is 12.2 Å². The number of nitrogens with one attached hydrogen (secondary N) is 2. The van der Waals surface area contributed by atoms with Crippen molar-refractivity contribution in [2.45, 2.75) is 13.1 Å². The highest BCUT2D eigenvalue weighted by molar-refractivity contribution is 5.99. The quantitative estimate of drug-likeness (QED) is 0.359. The maximum absolute atomic E-state index is 13.3. The summed E-state index contributed by atoms with van der Waals surface area (Å²) < 4.78 is 47.9. The second-order valence-corrected chi connectivity index (χ2v) is 7.34. The van der Waals surface area contributed by atoms with E-state index in [-0.39, 0.29) is 30.7 Å². The number of carbonyl (C=O) groups excluding carboxylic acids is 1. The van der Waals surface area contributed by atoms with Crippen LogP contribution in [0.2, 0.25) is 0 Å². The monoisotopic (exact) mass is 486 g/mol. The van der Waals surface area contributed by atoms with Crippen molar-refractivity contribution in [1.29, 1.82) is 0 Å². The molecule has 2 aromatic carbocycles. The van der Waals surface area contributed by atoms with Crippen molar-refractivity contribution >= 4 is 17.7 Å². The fourth-order valence-electron chi connectivity index (χ4n) is 3.29. The number of carbonyl (C=O) groups is 1. The van der Waals surface area contributed by atoms with E-state index < -0.39 is 17.9 Å². The van der Waals surface area contributed by atoms with E-state index in [0.29, 0.717) is 16.9 Å². The van der Waals surface area contributed by atoms with Gasteiger partial charge in [0.2, 0.25) is 5.88 Å². The molecule has 9 nitrogen and oxygen atoms in total. The van der Waals surface area contributed by atoms with Crippen LogP contribution in [0.25, 0.3) is 11.4 Å².